The molecule has 3 nitrogen and oxygen atoms in total. The minimum Gasteiger partial charge on any atom is -0.309 e. The zero-order valence-corrected chi connectivity index (χ0v) is 10.3. The van der Waals surface area contributed by atoms with E-state index in [1.807, 2.05) is 0 Å². The summed E-state index contributed by atoms with van der Waals surface area (Å²) in [5, 5.41) is 0. The second-order valence-electron chi connectivity index (χ2n) is 3.90. The Morgan fingerprint density at radius 3 is 2.68 bits per heavy atom. The van der Waals surface area contributed by atoms with Crippen molar-refractivity contribution >= 4 is 11.6 Å². The Labute approximate surface area is 109 Å². The predicted octanol–water partition coefficient (Wildman–Crippen LogP) is 3.03. The zero-order valence-electron chi connectivity index (χ0n) is 10.3. The van der Waals surface area contributed by atoms with E-state index in [4.69, 9.17) is 0 Å². The Morgan fingerprint density at radius 1 is 1.26 bits per heavy atom. The number of aromatic nitrogens is 1. The Kier molecular flexibility index (Phi) is 3.85. The molecule has 5 heteroatoms. The summed E-state index contributed by atoms with van der Waals surface area (Å²) in [5.74, 6) is -1.54. The van der Waals surface area contributed by atoms with Crippen LogP contribution in [0, 0.1) is 11.8 Å². The summed E-state index contributed by atoms with van der Waals surface area (Å²) < 4.78 is 26.2. The number of hydrogen-bond donors (Lipinski definition) is 0. The number of carbonyl (C=O) groups is 1. The molecule has 0 aliphatic heterocycles. The van der Waals surface area contributed by atoms with Crippen LogP contribution in [0.3, 0.4) is 0 Å². The summed E-state index contributed by atoms with van der Waals surface area (Å²) in [4.78, 5) is 17.0. The van der Waals surface area contributed by atoms with Crippen molar-refractivity contribution in [1.29, 1.82) is 0 Å². The fraction of sp³-hybridized carbons (Fsp3) is 0.143. The molecule has 0 N–H and O–H groups in total. The number of pyridine rings is 1. The number of halogens is 2. The van der Waals surface area contributed by atoms with E-state index in [-0.39, 0.29) is 5.56 Å². The summed E-state index contributed by atoms with van der Waals surface area (Å²) in [7, 11) is 0. The van der Waals surface area contributed by atoms with Crippen molar-refractivity contribution in [3.05, 3.63) is 59.9 Å². The molecular formula is C14H12F2N2O. The Hall–Kier alpha value is -2.30. The first-order valence-corrected chi connectivity index (χ1v) is 5.81. The lowest BCUT2D eigenvalue weighted by atomic mass is 10.2. The number of carbonyl (C=O) groups excluding carboxylic acids is 1. The lowest BCUT2D eigenvalue weighted by molar-refractivity contribution is 0.0987. The topological polar surface area (TPSA) is 33.2 Å². The lowest BCUT2D eigenvalue weighted by Gasteiger charge is -2.21. The standard InChI is InChI=1S/C14H12F2N2O/c1-2-18(12-5-3-4-11(15)9-12)14(19)10-6-7-17-13(16)8-10/h3-9H,2H2,1H3. The van der Waals surface area contributed by atoms with E-state index < -0.39 is 17.7 Å². The minimum absolute atomic E-state index is 0.179. The molecule has 0 aliphatic rings. The average Bonchev–Trinajstić information content (AvgIpc) is 2.39. The van der Waals surface area contributed by atoms with Gasteiger partial charge in [-0.3, -0.25) is 4.79 Å². The molecule has 1 aromatic carbocycles. The monoisotopic (exact) mass is 262 g/mol. The van der Waals surface area contributed by atoms with Gasteiger partial charge in [-0.25, -0.2) is 9.37 Å². The Morgan fingerprint density at radius 2 is 2.05 bits per heavy atom. The number of nitrogens with zero attached hydrogens (tertiary/aromatic N) is 2. The molecule has 2 rings (SSSR count). The summed E-state index contributed by atoms with van der Waals surface area (Å²) in [6, 6.07) is 8.19. The summed E-state index contributed by atoms with van der Waals surface area (Å²) >= 11 is 0. The van der Waals surface area contributed by atoms with Gasteiger partial charge in [0.2, 0.25) is 5.95 Å². The fourth-order valence-corrected chi connectivity index (χ4v) is 1.78. The maximum absolute atomic E-state index is 13.2. The van der Waals surface area contributed by atoms with Gasteiger partial charge in [0.1, 0.15) is 5.82 Å². The van der Waals surface area contributed by atoms with Crippen molar-refractivity contribution in [2.75, 3.05) is 11.4 Å². The summed E-state index contributed by atoms with van der Waals surface area (Å²) in [5.41, 5.74) is 0.614. The molecule has 0 radical (unpaired) electrons. The van der Waals surface area contributed by atoms with Crippen LogP contribution in [0.15, 0.2) is 42.6 Å². The van der Waals surface area contributed by atoms with Crippen molar-refractivity contribution in [2.24, 2.45) is 0 Å². The SMILES string of the molecule is CCN(C(=O)c1ccnc(F)c1)c1cccc(F)c1. The van der Waals surface area contributed by atoms with Crippen LogP contribution in [-0.4, -0.2) is 17.4 Å². The molecule has 1 amide bonds. The molecule has 1 aromatic heterocycles. The average molecular weight is 262 g/mol. The van der Waals surface area contributed by atoms with Crippen LogP contribution in [0.2, 0.25) is 0 Å². The third kappa shape index (κ3) is 2.93. The van der Waals surface area contributed by atoms with E-state index in [2.05, 4.69) is 4.98 Å². The first-order chi connectivity index (χ1) is 9.11. The molecule has 0 aliphatic carbocycles. The van der Waals surface area contributed by atoms with E-state index in [1.54, 1.807) is 13.0 Å². The fourth-order valence-electron chi connectivity index (χ4n) is 1.78. The van der Waals surface area contributed by atoms with Gasteiger partial charge in [-0.15, -0.1) is 0 Å². The minimum atomic E-state index is -0.721. The molecule has 1 heterocycles. The number of benzene rings is 1. The second-order valence-corrected chi connectivity index (χ2v) is 3.90. The quantitative estimate of drug-likeness (QED) is 0.796. The molecule has 0 saturated carbocycles. The maximum atomic E-state index is 13.2. The van der Waals surface area contributed by atoms with Crippen molar-refractivity contribution in [2.45, 2.75) is 6.92 Å². The largest absolute Gasteiger partial charge is 0.309 e. The van der Waals surface area contributed by atoms with E-state index in [1.165, 1.54) is 35.4 Å². The van der Waals surface area contributed by atoms with Crippen LogP contribution in [0.25, 0.3) is 0 Å². The van der Waals surface area contributed by atoms with Crippen LogP contribution in [0.1, 0.15) is 17.3 Å². The molecular weight excluding hydrogens is 250 g/mol. The molecule has 0 saturated heterocycles. The third-order valence-electron chi connectivity index (χ3n) is 2.65. The first kappa shape index (κ1) is 13.1. The highest BCUT2D eigenvalue weighted by Crippen LogP contribution is 2.18. The molecule has 19 heavy (non-hydrogen) atoms. The van der Waals surface area contributed by atoms with Crippen molar-refractivity contribution in [1.82, 2.24) is 4.98 Å². The number of hydrogen-bond acceptors (Lipinski definition) is 2. The molecule has 0 atom stereocenters. The second kappa shape index (κ2) is 5.56. The lowest BCUT2D eigenvalue weighted by Crippen LogP contribution is -2.30. The van der Waals surface area contributed by atoms with Crippen LogP contribution in [-0.2, 0) is 0 Å². The summed E-state index contributed by atoms with van der Waals surface area (Å²) in [6.45, 7) is 2.12. The van der Waals surface area contributed by atoms with E-state index >= 15 is 0 Å². The van der Waals surface area contributed by atoms with Crippen molar-refractivity contribution < 1.29 is 13.6 Å². The van der Waals surface area contributed by atoms with Gasteiger partial charge in [-0.1, -0.05) is 6.07 Å². The van der Waals surface area contributed by atoms with E-state index in [0.29, 0.717) is 12.2 Å². The van der Waals surface area contributed by atoms with Gasteiger partial charge in [0.25, 0.3) is 5.91 Å². The molecule has 2 aromatic rings. The molecule has 0 spiro atoms. The normalized spacial score (nSPS) is 10.3. The number of anilines is 1. The highest BCUT2D eigenvalue weighted by atomic mass is 19.1. The van der Waals surface area contributed by atoms with Gasteiger partial charge in [0.05, 0.1) is 0 Å². The van der Waals surface area contributed by atoms with Crippen LogP contribution in [0.4, 0.5) is 14.5 Å². The van der Waals surface area contributed by atoms with Crippen molar-refractivity contribution in [3.8, 4) is 0 Å². The van der Waals surface area contributed by atoms with Gasteiger partial charge in [0, 0.05) is 30.1 Å². The number of rotatable bonds is 3. The van der Waals surface area contributed by atoms with E-state index in [9.17, 15) is 13.6 Å². The Balaban J connectivity index is 2.34. The van der Waals surface area contributed by atoms with Crippen LogP contribution >= 0.6 is 0 Å². The Bertz CT molecular complexity index is 602. The van der Waals surface area contributed by atoms with E-state index in [0.717, 1.165) is 6.07 Å². The first-order valence-electron chi connectivity index (χ1n) is 5.81. The maximum Gasteiger partial charge on any atom is 0.258 e. The molecule has 98 valence electrons. The van der Waals surface area contributed by atoms with Gasteiger partial charge >= 0.3 is 0 Å². The molecule has 0 unspecified atom stereocenters. The molecule has 0 bridgehead atoms. The highest BCUT2D eigenvalue weighted by molar-refractivity contribution is 6.05. The van der Waals surface area contributed by atoms with Gasteiger partial charge in [0.15, 0.2) is 0 Å². The van der Waals surface area contributed by atoms with Gasteiger partial charge in [-0.05, 0) is 31.2 Å². The molecule has 0 fully saturated rings. The smallest absolute Gasteiger partial charge is 0.258 e. The predicted molar refractivity (Wildman–Crippen MR) is 67.9 cm³/mol. The highest BCUT2D eigenvalue weighted by Gasteiger charge is 2.17. The van der Waals surface area contributed by atoms with Crippen LogP contribution in [0.5, 0.6) is 0 Å². The van der Waals surface area contributed by atoms with Crippen molar-refractivity contribution in [3.63, 3.8) is 0 Å². The van der Waals surface area contributed by atoms with Gasteiger partial charge in [-0.2, -0.15) is 4.39 Å². The summed E-state index contributed by atoms with van der Waals surface area (Å²) in [6.07, 6.45) is 1.22. The third-order valence-corrected chi connectivity index (χ3v) is 2.65. The number of amides is 1. The zero-order chi connectivity index (χ0) is 13.8. The van der Waals surface area contributed by atoms with Gasteiger partial charge < -0.3 is 4.90 Å². The van der Waals surface area contributed by atoms with Crippen LogP contribution < -0.4 is 4.90 Å².